The highest BCUT2D eigenvalue weighted by atomic mass is 19.4. The molecular weight excluding hydrogens is 345 g/mol. The van der Waals surface area contributed by atoms with Crippen molar-refractivity contribution in [2.24, 2.45) is 4.99 Å². The van der Waals surface area contributed by atoms with E-state index in [1.807, 2.05) is 18.2 Å². The summed E-state index contributed by atoms with van der Waals surface area (Å²) in [7, 11) is 1.59. The number of alkyl halides is 3. The zero-order valence-corrected chi connectivity index (χ0v) is 14.3. The van der Waals surface area contributed by atoms with Crippen molar-refractivity contribution in [3.05, 3.63) is 53.6 Å². The summed E-state index contributed by atoms with van der Waals surface area (Å²) in [5, 5.41) is 3.20. The number of halogens is 3. The summed E-state index contributed by atoms with van der Waals surface area (Å²) in [6, 6.07) is 10.6. The lowest BCUT2D eigenvalue weighted by Gasteiger charge is -2.14. The molecule has 2 aromatic carbocycles. The van der Waals surface area contributed by atoms with E-state index in [1.54, 1.807) is 7.11 Å². The van der Waals surface area contributed by atoms with Crippen LogP contribution in [0, 0.1) is 0 Å². The van der Waals surface area contributed by atoms with Crippen LogP contribution in [-0.4, -0.2) is 39.2 Å². The third-order valence-electron chi connectivity index (χ3n) is 4.00. The number of methoxy groups -OCH3 is 1. The van der Waals surface area contributed by atoms with Crippen LogP contribution in [0.2, 0.25) is 0 Å². The molecule has 0 unspecified atom stereocenters. The molecule has 0 aliphatic carbocycles. The Morgan fingerprint density at radius 2 is 1.77 bits per heavy atom. The number of nitrogens with zero attached hydrogens (tertiary/aromatic N) is 1. The SMILES string of the molecule is COCCOc1cc(-c2ccc(C(F)(F)F)cc2)ccc1C1=NCCN1. The maximum Gasteiger partial charge on any atom is 0.416 e. The highest BCUT2D eigenvalue weighted by Crippen LogP contribution is 2.32. The number of nitrogens with one attached hydrogen (secondary N) is 1. The molecule has 138 valence electrons. The monoisotopic (exact) mass is 364 g/mol. The maximum absolute atomic E-state index is 12.7. The van der Waals surface area contributed by atoms with Gasteiger partial charge in [-0.05, 0) is 35.4 Å². The van der Waals surface area contributed by atoms with Crippen LogP contribution in [0.15, 0.2) is 47.5 Å². The van der Waals surface area contributed by atoms with Gasteiger partial charge in [-0.1, -0.05) is 18.2 Å². The Hall–Kier alpha value is -2.54. The van der Waals surface area contributed by atoms with Crippen LogP contribution >= 0.6 is 0 Å². The topological polar surface area (TPSA) is 42.9 Å². The molecule has 3 rings (SSSR count). The minimum atomic E-state index is -4.34. The first-order valence-corrected chi connectivity index (χ1v) is 8.21. The summed E-state index contributed by atoms with van der Waals surface area (Å²) in [5.41, 5.74) is 1.61. The van der Waals surface area contributed by atoms with Crippen LogP contribution in [0.3, 0.4) is 0 Å². The van der Waals surface area contributed by atoms with Crippen molar-refractivity contribution in [1.82, 2.24) is 5.32 Å². The van der Waals surface area contributed by atoms with Crippen molar-refractivity contribution in [2.75, 3.05) is 33.4 Å². The maximum atomic E-state index is 12.7. The number of benzene rings is 2. The van der Waals surface area contributed by atoms with Gasteiger partial charge >= 0.3 is 6.18 Å². The third kappa shape index (κ3) is 4.16. The van der Waals surface area contributed by atoms with Crippen molar-refractivity contribution < 1.29 is 22.6 Å². The van der Waals surface area contributed by atoms with E-state index in [-0.39, 0.29) is 0 Å². The summed E-state index contributed by atoms with van der Waals surface area (Å²) in [4.78, 5) is 4.41. The smallest absolute Gasteiger partial charge is 0.416 e. The number of amidine groups is 1. The predicted molar refractivity (Wildman–Crippen MR) is 93.7 cm³/mol. The molecule has 7 heteroatoms. The van der Waals surface area contributed by atoms with Crippen LogP contribution in [0.4, 0.5) is 13.2 Å². The molecule has 4 nitrogen and oxygen atoms in total. The highest BCUT2D eigenvalue weighted by Gasteiger charge is 2.30. The molecule has 1 aliphatic rings. The van der Waals surface area contributed by atoms with Crippen molar-refractivity contribution in [1.29, 1.82) is 0 Å². The van der Waals surface area contributed by atoms with Gasteiger partial charge in [0.15, 0.2) is 0 Å². The van der Waals surface area contributed by atoms with Gasteiger partial charge in [-0.15, -0.1) is 0 Å². The normalized spacial score (nSPS) is 14.1. The lowest BCUT2D eigenvalue weighted by Crippen LogP contribution is -2.20. The van der Waals surface area contributed by atoms with Crippen LogP contribution in [0.1, 0.15) is 11.1 Å². The molecule has 0 atom stereocenters. The standard InChI is InChI=1S/C19H19F3N2O2/c1-25-10-11-26-17-12-14(4-7-16(17)18-23-8-9-24-18)13-2-5-15(6-3-13)19(20,21)22/h2-7,12H,8-11H2,1H3,(H,23,24). The number of ether oxygens (including phenoxy) is 2. The molecule has 0 amide bonds. The summed E-state index contributed by atoms with van der Waals surface area (Å²) in [6.07, 6.45) is -4.34. The number of hydrogen-bond acceptors (Lipinski definition) is 4. The summed E-state index contributed by atoms with van der Waals surface area (Å²) in [5.74, 6) is 1.38. The Labute approximate surface area is 149 Å². The highest BCUT2D eigenvalue weighted by molar-refractivity contribution is 6.02. The number of hydrogen-bond donors (Lipinski definition) is 1. The Kier molecular flexibility index (Phi) is 5.46. The van der Waals surface area contributed by atoms with E-state index in [9.17, 15) is 13.2 Å². The van der Waals surface area contributed by atoms with Crippen LogP contribution in [0.5, 0.6) is 5.75 Å². The van der Waals surface area contributed by atoms with Gasteiger partial charge in [-0.3, -0.25) is 4.99 Å². The fraction of sp³-hybridized carbons (Fsp3) is 0.316. The fourth-order valence-corrected chi connectivity index (χ4v) is 2.68. The second-order valence-electron chi connectivity index (χ2n) is 5.78. The molecule has 0 spiro atoms. The van der Waals surface area contributed by atoms with Crippen molar-refractivity contribution in [2.45, 2.75) is 6.18 Å². The molecule has 0 aromatic heterocycles. The molecule has 0 saturated heterocycles. The zero-order chi connectivity index (χ0) is 18.6. The molecule has 2 aromatic rings. The molecule has 1 heterocycles. The second-order valence-corrected chi connectivity index (χ2v) is 5.78. The van der Waals surface area contributed by atoms with Crippen molar-refractivity contribution in [3.63, 3.8) is 0 Å². The molecule has 0 radical (unpaired) electrons. The Balaban J connectivity index is 1.91. The largest absolute Gasteiger partial charge is 0.490 e. The van der Waals surface area contributed by atoms with Crippen LogP contribution < -0.4 is 10.1 Å². The molecular formula is C19H19F3N2O2. The lowest BCUT2D eigenvalue weighted by atomic mass is 10.0. The quantitative estimate of drug-likeness (QED) is 0.794. The van der Waals surface area contributed by atoms with Gasteiger partial charge < -0.3 is 14.8 Å². The first-order valence-electron chi connectivity index (χ1n) is 8.21. The van der Waals surface area contributed by atoms with E-state index in [2.05, 4.69) is 10.3 Å². The molecule has 0 saturated carbocycles. The van der Waals surface area contributed by atoms with Crippen molar-refractivity contribution >= 4 is 5.84 Å². The predicted octanol–water partition coefficient (Wildman–Crippen LogP) is 3.75. The Bertz CT molecular complexity index is 786. The van der Waals surface area contributed by atoms with Crippen LogP contribution in [-0.2, 0) is 10.9 Å². The molecule has 26 heavy (non-hydrogen) atoms. The van der Waals surface area contributed by atoms with Gasteiger partial charge in [0.1, 0.15) is 18.2 Å². The van der Waals surface area contributed by atoms with Gasteiger partial charge in [-0.2, -0.15) is 13.2 Å². The van der Waals surface area contributed by atoms with Crippen LogP contribution in [0.25, 0.3) is 11.1 Å². The Morgan fingerprint density at radius 1 is 1.04 bits per heavy atom. The van der Waals surface area contributed by atoms with Gasteiger partial charge in [0.25, 0.3) is 0 Å². The Morgan fingerprint density at radius 3 is 2.38 bits per heavy atom. The first kappa shape index (κ1) is 18.3. The zero-order valence-electron chi connectivity index (χ0n) is 14.3. The minimum Gasteiger partial charge on any atom is -0.490 e. The third-order valence-corrected chi connectivity index (χ3v) is 4.00. The minimum absolute atomic E-state index is 0.368. The number of aliphatic imine (C=N–C) groups is 1. The number of rotatable bonds is 6. The second kappa shape index (κ2) is 7.78. The van der Waals surface area contributed by atoms with E-state index in [1.165, 1.54) is 12.1 Å². The van der Waals surface area contributed by atoms with Crippen molar-refractivity contribution in [3.8, 4) is 16.9 Å². The van der Waals surface area contributed by atoms with E-state index < -0.39 is 11.7 Å². The average molecular weight is 364 g/mol. The first-order chi connectivity index (χ1) is 12.5. The molecule has 0 bridgehead atoms. The summed E-state index contributed by atoms with van der Waals surface area (Å²) < 4.78 is 49.0. The molecule has 0 fully saturated rings. The van der Waals surface area contributed by atoms with Gasteiger partial charge in [-0.25, -0.2) is 0 Å². The average Bonchev–Trinajstić information content (AvgIpc) is 3.16. The summed E-state index contributed by atoms with van der Waals surface area (Å²) >= 11 is 0. The van der Waals surface area contributed by atoms with Gasteiger partial charge in [0, 0.05) is 13.7 Å². The van der Waals surface area contributed by atoms with Gasteiger partial charge in [0.2, 0.25) is 0 Å². The van der Waals surface area contributed by atoms with Gasteiger partial charge in [0.05, 0.1) is 24.3 Å². The summed E-state index contributed by atoms with van der Waals surface area (Å²) in [6.45, 7) is 2.28. The van der Waals surface area contributed by atoms with E-state index in [4.69, 9.17) is 9.47 Å². The van der Waals surface area contributed by atoms with E-state index >= 15 is 0 Å². The van der Waals surface area contributed by atoms with E-state index in [0.717, 1.165) is 35.6 Å². The fourth-order valence-electron chi connectivity index (χ4n) is 2.68. The molecule has 1 N–H and O–H groups in total. The van der Waals surface area contributed by atoms with E-state index in [0.29, 0.717) is 31.1 Å². The molecule has 1 aliphatic heterocycles. The lowest BCUT2D eigenvalue weighted by molar-refractivity contribution is -0.137.